The first-order valence-electron chi connectivity index (χ1n) is 10.5. The first-order valence-corrected chi connectivity index (χ1v) is 10.5. The molecule has 0 amide bonds. The molecular weight excluding hydrogens is 441 g/mol. The average molecular weight is 485 g/mol. The van der Waals surface area contributed by atoms with E-state index in [0.29, 0.717) is 17.6 Å². The molecule has 0 rings (SSSR count). The van der Waals surface area contributed by atoms with Gasteiger partial charge in [-0.25, -0.2) is 0 Å². The van der Waals surface area contributed by atoms with Gasteiger partial charge in [0.1, 0.15) is 12.6 Å². The number of carbonyl (C=O) groups is 1. The van der Waals surface area contributed by atoms with Crippen LogP contribution < -0.4 is 24.0 Å². The molecule has 0 radical (unpaired) electrons. The number of unbranched alkanes of at least 4 members (excludes halogenated alkanes) is 11. The summed E-state index contributed by atoms with van der Waals surface area (Å²) in [7, 11) is 6.00. The maximum atomic E-state index is 11.7. The Morgan fingerprint density at radius 1 is 0.846 bits per heavy atom. The lowest BCUT2D eigenvalue weighted by Gasteiger charge is -2.26. The molecular formula is C21H44INO3. The van der Waals surface area contributed by atoms with E-state index in [0.717, 1.165) is 12.8 Å². The van der Waals surface area contributed by atoms with E-state index in [-0.39, 0.29) is 36.4 Å². The summed E-state index contributed by atoms with van der Waals surface area (Å²) in [5.41, 5.74) is 0. The Morgan fingerprint density at radius 3 is 1.69 bits per heavy atom. The Bertz CT molecular complexity index is 319. The highest BCUT2D eigenvalue weighted by Gasteiger charge is 2.19. The molecule has 0 aromatic rings. The van der Waals surface area contributed by atoms with Crippen LogP contribution in [0.4, 0.5) is 0 Å². The van der Waals surface area contributed by atoms with Crippen LogP contribution in [0.15, 0.2) is 0 Å². The highest BCUT2D eigenvalue weighted by atomic mass is 127. The molecule has 1 atom stereocenters. The van der Waals surface area contributed by atoms with E-state index in [9.17, 15) is 9.90 Å². The van der Waals surface area contributed by atoms with Crippen molar-refractivity contribution in [1.29, 1.82) is 0 Å². The third kappa shape index (κ3) is 22.2. The zero-order chi connectivity index (χ0) is 19.0. The summed E-state index contributed by atoms with van der Waals surface area (Å²) in [6, 6.07) is 0. The Morgan fingerprint density at radius 2 is 1.27 bits per heavy atom. The quantitative estimate of drug-likeness (QED) is 0.148. The number of aliphatic hydroxyl groups excluding tert-OH is 1. The van der Waals surface area contributed by atoms with Crippen LogP contribution in [0.5, 0.6) is 0 Å². The molecule has 5 heteroatoms. The number of halogens is 1. The second-order valence-corrected chi connectivity index (χ2v) is 8.44. The fourth-order valence-electron chi connectivity index (χ4n) is 3.08. The lowest BCUT2D eigenvalue weighted by molar-refractivity contribution is -0.873. The van der Waals surface area contributed by atoms with Crippen LogP contribution in [0.1, 0.15) is 90.4 Å². The summed E-state index contributed by atoms with van der Waals surface area (Å²) >= 11 is 0. The Labute approximate surface area is 179 Å². The van der Waals surface area contributed by atoms with Gasteiger partial charge in [-0.05, 0) is 6.42 Å². The fourth-order valence-corrected chi connectivity index (χ4v) is 3.08. The van der Waals surface area contributed by atoms with Crippen molar-refractivity contribution in [3.8, 4) is 0 Å². The zero-order valence-corrected chi connectivity index (χ0v) is 19.9. The van der Waals surface area contributed by atoms with E-state index in [1.807, 2.05) is 21.1 Å². The topological polar surface area (TPSA) is 46.5 Å². The molecule has 0 aliphatic carbocycles. The number of ether oxygens (including phenoxy) is 1. The highest BCUT2D eigenvalue weighted by Crippen LogP contribution is 2.12. The number of rotatable bonds is 17. The number of quaternary nitrogens is 1. The molecule has 0 aromatic heterocycles. The number of hydrogen-bond acceptors (Lipinski definition) is 3. The van der Waals surface area contributed by atoms with Crippen molar-refractivity contribution in [2.24, 2.45) is 0 Å². The summed E-state index contributed by atoms with van der Waals surface area (Å²) in [6.45, 7) is 3.32. The fraction of sp³-hybridized carbons (Fsp3) is 0.952. The van der Waals surface area contributed by atoms with Crippen molar-refractivity contribution in [3.05, 3.63) is 0 Å². The van der Waals surface area contributed by atoms with Gasteiger partial charge in [-0.2, -0.15) is 0 Å². The van der Waals surface area contributed by atoms with Gasteiger partial charge in [-0.1, -0.05) is 77.6 Å². The lowest BCUT2D eigenvalue weighted by Crippen LogP contribution is -3.00. The van der Waals surface area contributed by atoms with E-state index < -0.39 is 6.10 Å². The minimum Gasteiger partial charge on any atom is -1.00 e. The molecule has 4 nitrogen and oxygen atoms in total. The number of hydrogen-bond donors (Lipinski definition) is 1. The van der Waals surface area contributed by atoms with Crippen LogP contribution in [0, 0.1) is 0 Å². The summed E-state index contributed by atoms with van der Waals surface area (Å²) < 4.78 is 5.86. The maximum Gasteiger partial charge on any atom is 0.308 e. The van der Waals surface area contributed by atoms with Crippen molar-refractivity contribution >= 4 is 5.97 Å². The minimum atomic E-state index is -0.616. The SMILES string of the molecule is CCCCCCCCCCCCCCOC(=O)CC(O)C[N+](C)(C)C.[I-]. The number of nitrogens with zero attached hydrogens (tertiary/aromatic N) is 1. The number of carbonyl (C=O) groups excluding carboxylic acids is 1. The molecule has 0 saturated carbocycles. The van der Waals surface area contributed by atoms with Gasteiger partial charge in [0.05, 0.1) is 34.2 Å². The third-order valence-electron chi connectivity index (χ3n) is 4.42. The maximum absolute atomic E-state index is 11.7. The predicted molar refractivity (Wildman–Crippen MR) is 106 cm³/mol. The average Bonchev–Trinajstić information content (AvgIpc) is 2.49. The van der Waals surface area contributed by atoms with Crippen LogP contribution in [-0.2, 0) is 9.53 Å². The van der Waals surface area contributed by atoms with Gasteiger partial charge in [-0.15, -0.1) is 0 Å². The van der Waals surface area contributed by atoms with Crippen LogP contribution in [0.25, 0.3) is 0 Å². The van der Waals surface area contributed by atoms with Gasteiger partial charge >= 0.3 is 5.97 Å². The Balaban J connectivity index is 0. The van der Waals surface area contributed by atoms with Crippen molar-refractivity contribution in [2.75, 3.05) is 34.3 Å². The molecule has 0 aliphatic rings. The standard InChI is InChI=1S/C21H44NO3.HI/c1-5-6-7-8-9-10-11-12-13-14-15-16-17-25-21(24)18-20(23)19-22(2,3)4;/h20,23H,5-19H2,1-4H3;1H/q+1;/p-1. The van der Waals surface area contributed by atoms with Crippen molar-refractivity contribution in [3.63, 3.8) is 0 Å². The third-order valence-corrected chi connectivity index (χ3v) is 4.42. The molecule has 0 aliphatic heterocycles. The lowest BCUT2D eigenvalue weighted by atomic mass is 10.1. The van der Waals surface area contributed by atoms with Gasteiger partial charge in [0.15, 0.2) is 0 Å². The first-order chi connectivity index (χ1) is 11.8. The molecule has 0 bridgehead atoms. The molecule has 0 heterocycles. The molecule has 0 fully saturated rings. The largest absolute Gasteiger partial charge is 1.00 e. The molecule has 1 N–H and O–H groups in total. The van der Waals surface area contributed by atoms with Crippen molar-refractivity contribution in [2.45, 2.75) is 96.5 Å². The molecule has 1 unspecified atom stereocenters. The Kier molecular flexibility index (Phi) is 20.1. The van der Waals surface area contributed by atoms with Crippen LogP contribution in [0.2, 0.25) is 0 Å². The molecule has 0 saturated heterocycles. The van der Waals surface area contributed by atoms with Gasteiger partial charge < -0.3 is 38.3 Å². The van der Waals surface area contributed by atoms with Crippen molar-refractivity contribution < 1.29 is 43.1 Å². The van der Waals surface area contributed by atoms with Gasteiger partial charge in [0.25, 0.3) is 0 Å². The summed E-state index contributed by atoms with van der Waals surface area (Å²) in [5, 5.41) is 9.84. The van der Waals surface area contributed by atoms with Crippen LogP contribution in [-0.4, -0.2) is 56.0 Å². The molecule has 26 heavy (non-hydrogen) atoms. The van der Waals surface area contributed by atoms with E-state index in [1.165, 1.54) is 64.2 Å². The first kappa shape index (κ1) is 28.3. The summed E-state index contributed by atoms with van der Waals surface area (Å²) in [4.78, 5) is 11.7. The normalized spacial score (nSPS) is 12.5. The van der Waals surface area contributed by atoms with E-state index in [4.69, 9.17) is 4.74 Å². The van der Waals surface area contributed by atoms with E-state index in [1.54, 1.807) is 0 Å². The summed E-state index contributed by atoms with van der Waals surface area (Å²) in [6.07, 6.45) is 15.1. The zero-order valence-electron chi connectivity index (χ0n) is 17.8. The van der Waals surface area contributed by atoms with Gasteiger partial charge in [0.2, 0.25) is 0 Å². The second-order valence-electron chi connectivity index (χ2n) is 8.44. The number of likely N-dealkylation sites (N-methyl/N-ethyl adjacent to an activating group) is 1. The smallest absolute Gasteiger partial charge is 0.308 e. The van der Waals surface area contributed by atoms with Gasteiger partial charge in [0, 0.05) is 0 Å². The monoisotopic (exact) mass is 485 g/mol. The predicted octanol–water partition coefficient (Wildman–Crippen LogP) is 1.69. The highest BCUT2D eigenvalue weighted by molar-refractivity contribution is 5.69. The Hall–Kier alpha value is 0.120. The van der Waals surface area contributed by atoms with E-state index in [2.05, 4.69) is 6.92 Å². The van der Waals surface area contributed by atoms with E-state index >= 15 is 0 Å². The second kappa shape index (κ2) is 18.5. The molecule has 0 aromatic carbocycles. The number of aliphatic hydroxyl groups is 1. The van der Waals surface area contributed by atoms with Gasteiger partial charge in [-0.3, -0.25) is 4.79 Å². The minimum absolute atomic E-state index is 0. The molecule has 0 spiro atoms. The number of esters is 1. The van der Waals surface area contributed by atoms with Crippen molar-refractivity contribution in [1.82, 2.24) is 0 Å². The van der Waals surface area contributed by atoms with Crippen LogP contribution in [0.3, 0.4) is 0 Å². The summed E-state index contributed by atoms with van der Waals surface area (Å²) in [5.74, 6) is -0.274. The molecule has 158 valence electrons. The van der Waals surface area contributed by atoms with Crippen LogP contribution >= 0.6 is 0 Å².